The van der Waals surface area contributed by atoms with Crippen molar-refractivity contribution in [2.75, 3.05) is 13.4 Å². The lowest BCUT2D eigenvalue weighted by molar-refractivity contribution is -0.139. The number of benzene rings is 2. The second kappa shape index (κ2) is 9.40. The quantitative estimate of drug-likeness (QED) is 0.433. The number of rotatable bonds is 7. The van der Waals surface area contributed by atoms with Crippen LogP contribution >= 0.6 is 0 Å². The number of ether oxygens (including phenoxy) is 3. The van der Waals surface area contributed by atoms with Gasteiger partial charge in [-0.2, -0.15) is 5.10 Å². The third kappa shape index (κ3) is 5.00. The topological polar surface area (TPSA) is 98.2 Å². The Morgan fingerprint density at radius 1 is 1.14 bits per heavy atom. The van der Waals surface area contributed by atoms with Gasteiger partial charge in [0, 0.05) is 12.1 Å². The molecule has 0 bridgehead atoms. The van der Waals surface area contributed by atoms with E-state index in [9.17, 15) is 9.59 Å². The first-order chi connectivity index (χ1) is 13.7. The summed E-state index contributed by atoms with van der Waals surface area (Å²) in [7, 11) is 0. The number of carbonyl (C=O) groups is 2. The summed E-state index contributed by atoms with van der Waals surface area (Å²) in [6.45, 7) is 2.96. The molecule has 2 amide bonds. The smallest absolute Gasteiger partial charge is 0.329 e. The molecule has 0 atom stereocenters. The molecule has 1 heterocycles. The second-order valence-electron chi connectivity index (χ2n) is 5.96. The van der Waals surface area contributed by atoms with Gasteiger partial charge in [-0.1, -0.05) is 25.1 Å². The van der Waals surface area contributed by atoms with Gasteiger partial charge in [-0.3, -0.25) is 9.59 Å². The predicted octanol–water partition coefficient (Wildman–Crippen LogP) is 1.97. The van der Waals surface area contributed by atoms with Crippen molar-refractivity contribution in [3.8, 4) is 17.2 Å². The number of amides is 2. The van der Waals surface area contributed by atoms with Crippen molar-refractivity contribution in [1.82, 2.24) is 10.7 Å². The minimum atomic E-state index is -0.857. The Bertz CT molecular complexity index is 882. The van der Waals surface area contributed by atoms with Gasteiger partial charge in [0.2, 0.25) is 6.79 Å². The fourth-order valence-corrected chi connectivity index (χ4v) is 2.46. The first-order valence-electron chi connectivity index (χ1n) is 8.89. The van der Waals surface area contributed by atoms with Gasteiger partial charge in [0.25, 0.3) is 0 Å². The number of fused-ring (bicyclic) bond motifs is 1. The lowest BCUT2D eigenvalue weighted by atomic mass is 10.2. The molecule has 0 radical (unpaired) electrons. The molecular formula is C20H21N3O5. The minimum Gasteiger partial charge on any atom is -0.493 e. The summed E-state index contributed by atoms with van der Waals surface area (Å²) in [5.41, 5.74) is 3.70. The van der Waals surface area contributed by atoms with E-state index in [1.807, 2.05) is 25.1 Å². The lowest BCUT2D eigenvalue weighted by Crippen LogP contribution is -2.37. The van der Waals surface area contributed by atoms with Crippen molar-refractivity contribution in [2.24, 2.45) is 5.10 Å². The van der Waals surface area contributed by atoms with E-state index < -0.39 is 11.8 Å². The zero-order valence-electron chi connectivity index (χ0n) is 15.4. The van der Waals surface area contributed by atoms with Gasteiger partial charge in [-0.05, 0) is 36.2 Å². The molecule has 1 aliphatic rings. The third-order valence-electron chi connectivity index (χ3n) is 3.85. The van der Waals surface area contributed by atoms with Crippen LogP contribution in [-0.4, -0.2) is 31.4 Å². The summed E-state index contributed by atoms with van der Waals surface area (Å²) in [4.78, 5) is 23.8. The average Bonchev–Trinajstić information content (AvgIpc) is 3.19. The maximum atomic E-state index is 11.9. The van der Waals surface area contributed by atoms with Crippen molar-refractivity contribution in [3.05, 3.63) is 53.6 Å². The van der Waals surface area contributed by atoms with Gasteiger partial charge in [-0.25, -0.2) is 5.43 Å². The van der Waals surface area contributed by atoms with Gasteiger partial charge in [-0.15, -0.1) is 0 Å². The Morgan fingerprint density at radius 3 is 2.82 bits per heavy atom. The van der Waals surface area contributed by atoms with Gasteiger partial charge >= 0.3 is 11.8 Å². The Hall–Kier alpha value is -3.55. The van der Waals surface area contributed by atoms with Crippen LogP contribution in [0.1, 0.15) is 24.5 Å². The van der Waals surface area contributed by atoms with E-state index in [0.29, 0.717) is 29.4 Å². The highest BCUT2D eigenvalue weighted by Gasteiger charge is 2.15. The number of para-hydroxylation sites is 1. The molecule has 2 N–H and O–H groups in total. The molecule has 0 spiro atoms. The van der Waals surface area contributed by atoms with E-state index in [-0.39, 0.29) is 13.3 Å². The van der Waals surface area contributed by atoms with Crippen LogP contribution < -0.4 is 25.0 Å². The summed E-state index contributed by atoms with van der Waals surface area (Å²) in [5.74, 6) is 0.291. The highest BCUT2D eigenvalue weighted by molar-refractivity contribution is 6.35. The SMILES string of the molecule is CCCOc1ccccc1/C=N\NC(=O)C(=O)NCc1ccc2c(c1)OCO2. The zero-order chi connectivity index (χ0) is 19.8. The number of hydrogen-bond acceptors (Lipinski definition) is 6. The molecular weight excluding hydrogens is 362 g/mol. The molecule has 0 unspecified atom stereocenters. The predicted molar refractivity (Wildman–Crippen MR) is 102 cm³/mol. The number of hydrogen-bond donors (Lipinski definition) is 2. The van der Waals surface area contributed by atoms with Crippen LogP contribution in [0.15, 0.2) is 47.6 Å². The number of hydrazone groups is 1. The maximum Gasteiger partial charge on any atom is 0.329 e. The number of nitrogens with one attached hydrogen (secondary N) is 2. The van der Waals surface area contributed by atoms with Crippen LogP contribution in [-0.2, 0) is 16.1 Å². The molecule has 0 fully saturated rings. The van der Waals surface area contributed by atoms with Crippen LogP contribution in [0.2, 0.25) is 0 Å². The van der Waals surface area contributed by atoms with Gasteiger partial charge in [0.1, 0.15) is 5.75 Å². The number of carbonyl (C=O) groups excluding carboxylic acids is 2. The summed E-state index contributed by atoms with van der Waals surface area (Å²) in [6, 6.07) is 12.6. The molecule has 28 heavy (non-hydrogen) atoms. The summed E-state index contributed by atoms with van der Waals surface area (Å²) in [6.07, 6.45) is 2.32. The Balaban J connectivity index is 1.49. The van der Waals surface area contributed by atoms with Gasteiger partial charge < -0.3 is 19.5 Å². The summed E-state index contributed by atoms with van der Waals surface area (Å²) >= 11 is 0. The third-order valence-corrected chi connectivity index (χ3v) is 3.85. The summed E-state index contributed by atoms with van der Waals surface area (Å²) in [5, 5.41) is 6.36. The molecule has 0 aromatic heterocycles. The average molecular weight is 383 g/mol. The standard InChI is InChI=1S/C20H21N3O5/c1-2-9-26-16-6-4-3-5-15(16)12-22-23-20(25)19(24)21-11-14-7-8-17-18(10-14)28-13-27-17/h3-8,10,12H,2,9,11,13H2,1H3,(H,21,24)(H,23,25)/b22-12-. The largest absolute Gasteiger partial charge is 0.493 e. The minimum absolute atomic E-state index is 0.179. The molecule has 0 aliphatic carbocycles. The monoisotopic (exact) mass is 383 g/mol. The molecule has 8 heteroatoms. The van der Waals surface area contributed by atoms with Crippen LogP contribution in [0.5, 0.6) is 17.2 Å². The van der Waals surface area contributed by atoms with Crippen molar-refractivity contribution in [3.63, 3.8) is 0 Å². The first kappa shape index (κ1) is 19.2. The molecule has 1 aliphatic heterocycles. The van der Waals surface area contributed by atoms with Crippen LogP contribution in [0.3, 0.4) is 0 Å². The molecule has 0 saturated carbocycles. The van der Waals surface area contributed by atoms with E-state index in [2.05, 4.69) is 15.8 Å². The van der Waals surface area contributed by atoms with E-state index in [1.54, 1.807) is 24.3 Å². The summed E-state index contributed by atoms with van der Waals surface area (Å²) < 4.78 is 16.1. The normalized spacial score (nSPS) is 12.0. The molecule has 8 nitrogen and oxygen atoms in total. The van der Waals surface area contributed by atoms with Crippen molar-refractivity contribution in [2.45, 2.75) is 19.9 Å². The molecule has 0 saturated heterocycles. The Labute approximate surface area is 162 Å². The van der Waals surface area contributed by atoms with E-state index in [0.717, 1.165) is 12.0 Å². The van der Waals surface area contributed by atoms with E-state index in [1.165, 1.54) is 6.21 Å². The zero-order valence-corrected chi connectivity index (χ0v) is 15.4. The second-order valence-corrected chi connectivity index (χ2v) is 5.96. The Morgan fingerprint density at radius 2 is 1.96 bits per heavy atom. The molecule has 2 aromatic rings. The number of nitrogens with zero attached hydrogens (tertiary/aromatic N) is 1. The van der Waals surface area contributed by atoms with E-state index >= 15 is 0 Å². The maximum absolute atomic E-state index is 11.9. The first-order valence-corrected chi connectivity index (χ1v) is 8.89. The van der Waals surface area contributed by atoms with Crippen LogP contribution in [0, 0.1) is 0 Å². The Kier molecular flexibility index (Phi) is 6.46. The van der Waals surface area contributed by atoms with Gasteiger partial charge in [0.05, 0.1) is 12.8 Å². The van der Waals surface area contributed by atoms with Crippen LogP contribution in [0.4, 0.5) is 0 Å². The fraction of sp³-hybridized carbons (Fsp3) is 0.250. The highest BCUT2D eigenvalue weighted by atomic mass is 16.7. The molecule has 146 valence electrons. The van der Waals surface area contributed by atoms with Crippen molar-refractivity contribution in [1.29, 1.82) is 0 Å². The van der Waals surface area contributed by atoms with Crippen molar-refractivity contribution < 1.29 is 23.8 Å². The molecule has 3 rings (SSSR count). The fourth-order valence-electron chi connectivity index (χ4n) is 2.46. The lowest BCUT2D eigenvalue weighted by Gasteiger charge is -2.07. The van der Waals surface area contributed by atoms with Crippen molar-refractivity contribution >= 4 is 18.0 Å². The van der Waals surface area contributed by atoms with Gasteiger partial charge in [0.15, 0.2) is 11.5 Å². The van der Waals surface area contributed by atoms with Crippen LogP contribution in [0.25, 0.3) is 0 Å². The van der Waals surface area contributed by atoms with E-state index in [4.69, 9.17) is 14.2 Å². The highest BCUT2D eigenvalue weighted by Crippen LogP contribution is 2.32. The molecule has 2 aromatic carbocycles.